The molecule has 3 nitrogen and oxygen atoms in total. The van der Waals surface area contributed by atoms with Gasteiger partial charge in [0.2, 0.25) is 5.91 Å². The maximum atomic E-state index is 11.7. The number of amides is 1. The second-order valence-electron chi connectivity index (χ2n) is 3.97. The Kier molecular flexibility index (Phi) is 6.60. The highest BCUT2D eigenvalue weighted by molar-refractivity contribution is 5.92. The molecule has 0 saturated carbocycles. The average Bonchev–Trinajstić information content (AvgIpc) is 2.38. The fraction of sp³-hybridized carbons (Fsp3) is 0.400. The number of para-hydroxylation sites is 1. The average molecular weight is 245 g/mol. The number of benzene rings is 1. The molecule has 0 spiro atoms. The molecule has 96 valence electrons. The lowest BCUT2D eigenvalue weighted by Gasteiger charge is -2.06. The van der Waals surface area contributed by atoms with Crippen LogP contribution in [0.2, 0.25) is 0 Å². The number of aliphatic hydroxyl groups is 1. The zero-order valence-corrected chi connectivity index (χ0v) is 10.7. The maximum Gasteiger partial charge on any atom is 0.224 e. The van der Waals surface area contributed by atoms with E-state index in [9.17, 15) is 4.79 Å². The van der Waals surface area contributed by atoms with E-state index in [0.717, 1.165) is 24.1 Å². The zero-order valence-electron chi connectivity index (χ0n) is 10.7. The molecular formula is C15H19NO2. The molecule has 3 heteroatoms. The van der Waals surface area contributed by atoms with Crippen LogP contribution in [0.5, 0.6) is 0 Å². The molecular weight excluding hydrogens is 226 g/mol. The Balaban J connectivity index is 2.70. The topological polar surface area (TPSA) is 49.3 Å². The van der Waals surface area contributed by atoms with Crippen LogP contribution in [-0.2, 0) is 4.79 Å². The first-order valence-corrected chi connectivity index (χ1v) is 6.26. The van der Waals surface area contributed by atoms with Crippen molar-refractivity contribution in [1.82, 2.24) is 0 Å². The number of unbranched alkanes of at least 4 members (excludes halogenated alkanes) is 1. The molecule has 0 aliphatic carbocycles. The molecule has 0 aliphatic rings. The van der Waals surface area contributed by atoms with Gasteiger partial charge in [0.05, 0.1) is 12.3 Å². The molecule has 18 heavy (non-hydrogen) atoms. The minimum Gasteiger partial charge on any atom is -0.395 e. The summed E-state index contributed by atoms with van der Waals surface area (Å²) in [6, 6.07) is 7.45. The maximum absolute atomic E-state index is 11.7. The molecule has 0 fully saturated rings. The highest BCUT2D eigenvalue weighted by Gasteiger charge is 2.04. The van der Waals surface area contributed by atoms with Crippen LogP contribution in [0.3, 0.4) is 0 Å². The first-order chi connectivity index (χ1) is 8.77. The fourth-order valence-corrected chi connectivity index (χ4v) is 1.46. The van der Waals surface area contributed by atoms with E-state index in [1.807, 2.05) is 24.3 Å². The number of nitrogens with one attached hydrogen (secondary N) is 1. The van der Waals surface area contributed by atoms with Crippen LogP contribution in [-0.4, -0.2) is 17.6 Å². The molecule has 0 aromatic heterocycles. The summed E-state index contributed by atoms with van der Waals surface area (Å²) in [5, 5.41) is 11.6. The summed E-state index contributed by atoms with van der Waals surface area (Å²) in [6.07, 6.45) is 2.88. The first kappa shape index (κ1) is 14.3. The molecule has 2 N–H and O–H groups in total. The van der Waals surface area contributed by atoms with E-state index in [1.165, 1.54) is 0 Å². The lowest BCUT2D eigenvalue weighted by molar-refractivity contribution is -0.116. The Hall–Kier alpha value is -1.79. The molecule has 0 aliphatic heterocycles. The van der Waals surface area contributed by atoms with E-state index >= 15 is 0 Å². The molecule has 1 aromatic rings. The van der Waals surface area contributed by atoms with Crippen LogP contribution in [0.25, 0.3) is 0 Å². The van der Waals surface area contributed by atoms with Gasteiger partial charge in [-0.05, 0) is 18.6 Å². The van der Waals surface area contributed by atoms with Gasteiger partial charge in [-0.1, -0.05) is 37.3 Å². The minimum atomic E-state index is 0.0215. The molecule has 0 heterocycles. The molecule has 0 radical (unpaired) electrons. The molecule has 0 bridgehead atoms. The quantitative estimate of drug-likeness (QED) is 0.783. The summed E-state index contributed by atoms with van der Waals surface area (Å²) in [7, 11) is 0. The predicted octanol–water partition coefficient (Wildman–Crippen LogP) is 2.55. The second kappa shape index (κ2) is 8.32. The third kappa shape index (κ3) is 5.03. The first-order valence-electron chi connectivity index (χ1n) is 6.26. The SMILES string of the molecule is CCCCC(=O)Nc1ccccc1C#CCCO. The monoisotopic (exact) mass is 245 g/mol. The van der Waals surface area contributed by atoms with Gasteiger partial charge >= 0.3 is 0 Å². The van der Waals surface area contributed by atoms with Crippen molar-refractivity contribution in [1.29, 1.82) is 0 Å². The van der Waals surface area contributed by atoms with Crippen LogP contribution in [0.1, 0.15) is 38.2 Å². The number of carbonyl (C=O) groups is 1. The number of hydrogen-bond acceptors (Lipinski definition) is 2. The van der Waals surface area contributed by atoms with Crippen LogP contribution in [0.4, 0.5) is 5.69 Å². The van der Waals surface area contributed by atoms with E-state index in [-0.39, 0.29) is 12.5 Å². The third-order valence-electron chi connectivity index (χ3n) is 2.42. The van der Waals surface area contributed by atoms with Gasteiger partial charge in [0.1, 0.15) is 0 Å². The van der Waals surface area contributed by atoms with Crippen LogP contribution >= 0.6 is 0 Å². The lowest BCUT2D eigenvalue weighted by Crippen LogP contribution is -2.11. The van der Waals surface area contributed by atoms with Gasteiger partial charge in [-0.2, -0.15) is 0 Å². The van der Waals surface area contributed by atoms with E-state index in [4.69, 9.17) is 5.11 Å². The second-order valence-corrected chi connectivity index (χ2v) is 3.97. The highest BCUT2D eigenvalue weighted by Crippen LogP contribution is 2.14. The summed E-state index contributed by atoms with van der Waals surface area (Å²) < 4.78 is 0. The summed E-state index contributed by atoms with van der Waals surface area (Å²) in [5.74, 6) is 5.83. The summed E-state index contributed by atoms with van der Waals surface area (Å²) in [6.45, 7) is 2.11. The van der Waals surface area contributed by atoms with Crippen molar-refractivity contribution in [3.05, 3.63) is 29.8 Å². The Labute approximate surface area is 108 Å². The summed E-state index contributed by atoms with van der Waals surface area (Å²) >= 11 is 0. The van der Waals surface area contributed by atoms with Crippen molar-refractivity contribution in [3.63, 3.8) is 0 Å². The van der Waals surface area contributed by atoms with E-state index in [2.05, 4.69) is 24.1 Å². The lowest BCUT2D eigenvalue weighted by atomic mass is 10.1. The molecule has 0 saturated heterocycles. The molecule has 1 rings (SSSR count). The predicted molar refractivity (Wildman–Crippen MR) is 73.2 cm³/mol. The molecule has 0 unspecified atom stereocenters. The minimum absolute atomic E-state index is 0.0215. The Bertz CT molecular complexity index is 443. The van der Waals surface area contributed by atoms with Crippen molar-refractivity contribution in [2.24, 2.45) is 0 Å². The van der Waals surface area contributed by atoms with Crippen molar-refractivity contribution in [2.75, 3.05) is 11.9 Å². The van der Waals surface area contributed by atoms with Gasteiger partial charge in [0, 0.05) is 18.4 Å². The fourth-order valence-electron chi connectivity index (χ4n) is 1.46. The normalized spacial score (nSPS) is 9.44. The number of rotatable bonds is 5. The van der Waals surface area contributed by atoms with Gasteiger partial charge < -0.3 is 10.4 Å². The van der Waals surface area contributed by atoms with Gasteiger partial charge in [-0.25, -0.2) is 0 Å². The van der Waals surface area contributed by atoms with Gasteiger partial charge in [-0.15, -0.1) is 0 Å². The van der Waals surface area contributed by atoms with Crippen molar-refractivity contribution < 1.29 is 9.90 Å². The van der Waals surface area contributed by atoms with E-state index in [1.54, 1.807) is 0 Å². The van der Waals surface area contributed by atoms with Crippen molar-refractivity contribution >= 4 is 11.6 Å². The Morgan fingerprint density at radius 1 is 1.39 bits per heavy atom. The highest BCUT2D eigenvalue weighted by atomic mass is 16.2. The van der Waals surface area contributed by atoms with Crippen LogP contribution < -0.4 is 5.32 Å². The van der Waals surface area contributed by atoms with Gasteiger partial charge in [0.25, 0.3) is 0 Å². The number of hydrogen-bond donors (Lipinski definition) is 2. The van der Waals surface area contributed by atoms with Crippen molar-refractivity contribution in [3.8, 4) is 11.8 Å². The number of carbonyl (C=O) groups excluding carboxylic acids is 1. The molecule has 1 amide bonds. The molecule has 0 atom stereocenters. The van der Waals surface area contributed by atoms with Crippen LogP contribution in [0, 0.1) is 11.8 Å². The van der Waals surface area contributed by atoms with E-state index < -0.39 is 0 Å². The standard InChI is InChI=1S/C15H19NO2/c1-2-3-11-15(18)16-14-10-5-4-8-13(14)9-6-7-12-17/h4-5,8,10,17H,2-3,7,11-12H2,1H3,(H,16,18). The summed E-state index contributed by atoms with van der Waals surface area (Å²) in [5.41, 5.74) is 1.53. The number of aliphatic hydroxyl groups excluding tert-OH is 1. The number of anilines is 1. The van der Waals surface area contributed by atoms with E-state index in [0.29, 0.717) is 12.8 Å². The third-order valence-corrected chi connectivity index (χ3v) is 2.42. The van der Waals surface area contributed by atoms with Crippen molar-refractivity contribution in [2.45, 2.75) is 32.6 Å². The smallest absolute Gasteiger partial charge is 0.224 e. The van der Waals surface area contributed by atoms with Crippen LogP contribution in [0.15, 0.2) is 24.3 Å². The Morgan fingerprint density at radius 3 is 2.89 bits per heavy atom. The van der Waals surface area contributed by atoms with Gasteiger partial charge in [-0.3, -0.25) is 4.79 Å². The molecule has 1 aromatic carbocycles. The Morgan fingerprint density at radius 2 is 2.17 bits per heavy atom. The largest absolute Gasteiger partial charge is 0.395 e. The summed E-state index contributed by atoms with van der Waals surface area (Å²) in [4.78, 5) is 11.7. The van der Waals surface area contributed by atoms with Gasteiger partial charge in [0.15, 0.2) is 0 Å². The zero-order chi connectivity index (χ0) is 13.2.